The number of hydrogen-bond acceptors (Lipinski definition) is 3. The van der Waals surface area contributed by atoms with Gasteiger partial charge in [0.25, 0.3) is 0 Å². The molecule has 1 saturated carbocycles. The molecule has 0 bridgehead atoms. The van der Waals surface area contributed by atoms with E-state index in [0.29, 0.717) is 32.3 Å². The summed E-state index contributed by atoms with van der Waals surface area (Å²) in [6, 6.07) is 0. The maximum Gasteiger partial charge on any atom is 0.329 e. The van der Waals surface area contributed by atoms with Crippen LogP contribution in [0, 0.1) is 5.92 Å². The van der Waals surface area contributed by atoms with Gasteiger partial charge in [0.15, 0.2) is 0 Å². The third-order valence-electron chi connectivity index (χ3n) is 4.58. The zero-order chi connectivity index (χ0) is 14.6. The van der Waals surface area contributed by atoms with Gasteiger partial charge in [-0.3, -0.25) is 4.79 Å². The number of rotatable bonds is 3. The average molecular weight is 283 g/mol. The van der Waals surface area contributed by atoms with Crippen LogP contribution in [0.5, 0.6) is 0 Å². The van der Waals surface area contributed by atoms with Gasteiger partial charge in [-0.2, -0.15) is 0 Å². The van der Waals surface area contributed by atoms with E-state index in [9.17, 15) is 14.7 Å². The van der Waals surface area contributed by atoms with Crippen molar-refractivity contribution in [2.24, 2.45) is 5.92 Å². The minimum atomic E-state index is -1.05. The molecule has 1 heterocycles. The van der Waals surface area contributed by atoms with Crippen LogP contribution in [0.1, 0.15) is 58.3 Å². The fourth-order valence-electron chi connectivity index (χ4n) is 3.30. The molecule has 0 aromatic rings. The number of carbonyl (C=O) groups excluding carboxylic acids is 1. The van der Waals surface area contributed by atoms with Gasteiger partial charge < -0.3 is 15.2 Å². The van der Waals surface area contributed by atoms with Crippen molar-refractivity contribution in [1.82, 2.24) is 5.32 Å². The van der Waals surface area contributed by atoms with E-state index in [4.69, 9.17) is 4.74 Å². The van der Waals surface area contributed by atoms with Gasteiger partial charge >= 0.3 is 5.97 Å². The van der Waals surface area contributed by atoms with Gasteiger partial charge in [0.05, 0.1) is 6.10 Å². The first-order chi connectivity index (χ1) is 9.53. The summed E-state index contributed by atoms with van der Waals surface area (Å²) >= 11 is 0. The Kier molecular flexibility index (Phi) is 5.02. The van der Waals surface area contributed by atoms with Gasteiger partial charge in [0.2, 0.25) is 5.91 Å². The van der Waals surface area contributed by atoms with Crippen LogP contribution in [0.4, 0.5) is 0 Å². The molecule has 20 heavy (non-hydrogen) atoms. The van der Waals surface area contributed by atoms with Crippen LogP contribution >= 0.6 is 0 Å². The van der Waals surface area contributed by atoms with Crippen molar-refractivity contribution >= 4 is 11.9 Å². The standard InChI is InChI=1S/C15H25NO4/c1-11-10-12(6-9-20-11)13(17)16-15(14(18)19)7-4-2-3-5-8-15/h11-12H,2-10H2,1H3,(H,16,17)(H,18,19)/t11-,12+/m1/s1. The van der Waals surface area contributed by atoms with Crippen LogP contribution in [0.15, 0.2) is 0 Å². The van der Waals surface area contributed by atoms with Gasteiger partial charge in [-0.15, -0.1) is 0 Å². The Bertz CT molecular complexity index is 361. The minimum absolute atomic E-state index is 0.0782. The maximum atomic E-state index is 12.4. The molecular weight excluding hydrogens is 258 g/mol. The lowest BCUT2D eigenvalue weighted by atomic mass is 9.88. The van der Waals surface area contributed by atoms with Crippen LogP contribution in [-0.4, -0.2) is 35.2 Å². The number of aliphatic carboxylic acids is 1. The fourth-order valence-corrected chi connectivity index (χ4v) is 3.30. The van der Waals surface area contributed by atoms with Crippen molar-refractivity contribution in [3.8, 4) is 0 Å². The zero-order valence-corrected chi connectivity index (χ0v) is 12.2. The molecule has 114 valence electrons. The second kappa shape index (κ2) is 6.57. The number of amides is 1. The first kappa shape index (κ1) is 15.3. The van der Waals surface area contributed by atoms with E-state index in [-0.39, 0.29) is 17.9 Å². The van der Waals surface area contributed by atoms with Crippen LogP contribution in [0.3, 0.4) is 0 Å². The number of carboxylic acids is 1. The Morgan fingerprint density at radius 3 is 2.40 bits per heavy atom. The monoisotopic (exact) mass is 283 g/mol. The highest BCUT2D eigenvalue weighted by molar-refractivity contribution is 5.88. The molecule has 2 atom stereocenters. The van der Waals surface area contributed by atoms with Crippen molar-refractivity contribution < 1.29 is 19.4 Å². The summed E-state index contributed by atoms with van der Waals surface area (Å²) in [5.41, 5.74) is -1.05. The number of hydrogen-bond donors (Lipinski definition) is 2. The molecule has 0 radical (unpaired) electrons. The lowest BCUT2D eigenvalue weighted by Crippen LogP contribution is -2.56. The molecule has 0 unspecified atom stereocenters. The first-order valence-electron chi connectivity index (χ1n) is 7.70. The van der Waals surface area contributed by atoms with Crippen LogP contribution in [-0.2, 0) is 14.3 Å². The molecule has 1 aliphatic carbocycles. The largest absolute Gasteiger partial charge is 0.480 e. The number of carboxylic acid groups (broad SMARTS) is 1. The van der Waals surface area contributed by atoms with E-state index < -0.39 is 11.5 Å². The molecule has 2 N–H and O–H groups in total. The van der Waals surface area contributed by atoms with Crippen LogP contribution in [0.25, 0.3) is 0 Å². The summed E-state index contributed by atoms with van der Waals surface area (Å²) in [5, 5.41) is 12.4. The molecule has 2 aliphatic rings. The molecule has 0 spiro atoms. The molecule has 0 aromatic carbocycles. The van der Waals surface area contributed by atoms with E-state index in [1.54, 1.807) is 0 Å². The van der Waals surface area contributed by atoms with Crippen LogP contribution in [0.2, 0.25) is 0 Å². The number of nitrogens with one attached hydrogen (secondary N) is 1. The molecule has 1 amide bonds. The average Bonchev–Trinajstić information content (AvgIpc) is 2.65. The second-order valence-corrected chi connectivity index (χ2v) is 6.19. The maximum absolute atomic E-state index is 12.4. The molecular formula is C15H25NO4. The van der Waals surface area contributed by atoms with E-state index in [1.165, 1.54) is 0 Å². The van der Waals surface area contributed by atoms with Crippen LogP contribution < -0.4 is 5.32 Å². The highest BCUT2D eigenvalue weighted by Crippen LogP contribution is 2.29. The topological polar surface area (TPSA) is 75.6 Å². The molecule has 1 saturated heterocycles. The fraction of sp³-hybridized carbons (Fsp3) is 0.867. The van der Waals surface area contributed by atoms with Crippen molar-refractivity contribution in [3.63, 3.8) is 0 Å². The zero-order valence-electron chi connectivity index (χ0n) is 12.2. The van der Waals surface area contributed by atoms with Crippen molar-refractivity contribution in [2.75, 3.05) is 6.61 Å². The van der Waals surface area contributed by atoms with E-state index >= 15 is 0 Å². The van der Waals surface area contributed by atoms with E-state index in [2.05, 4.69) is 5.32 Å². The summed E-state index contributed by atoms with van der Waals surface area (Å²) in [7, 11) is 0. The van der Waals surface area contributed by atoms with Crippen molar-refractivity contribution in [1.29, 1.82) is 0 Å². The predicted molar refractivity (Wildman–Crippen MR) is 74.3 cm³/mol. The molecule has 0 aromatic heterocycles. The highest BCUT2D eigenvalue weighted by atomic mass is 16.5. The third kappa shape index (κ3) is 3.51. The smallest absolute Gasteiger partial charge is 0.329 e. The Balaban J connectivity index is 2.03. The lowest BCUT2D eigenvalue weighted by Gasteiger charge is -2.33. The third-order valence-corrected chi connectivity index (χ3v) is 4.58. The Morgan fingerprint density at radius 1 is 1.20 bits per heavy atom. The predicted octanol–water partition coefficient (Wildman–Crippen LogP) is 2.10. The van der Waals surface area contributed by atoms with E-state index in [1.807, 2.05) is 6.92 Å². The van der Waals surface area contributed by atoms with Gasteiger partial charge in [-0.1, -0.05) is 25.7 Å². The summed E-state index contributed by atoms with van der Waals surface area (Å²) in [6.07, 6.45) is 6.40. The lowest BCUT2D eigenvalue weighted by molar-refractivity contribution is -0.150. The highest BCUT2D eigenvalue weighted by Gasteiger charge is 2.41. The van der Waals surface area contributed by atoms with Crippen molar-refractivity contribution in [2.45, 2.75) is 69.9 Å². The molecule has 2 rings (SSSR count). The number of carbonyl (C=O) groups is 2. The quantitative estimate of drug-likeness (QED) is 0.778. The summed E-state index contributed by atoms with van der Waals surface area (Å²) in [5.74, 6) is -1.10. The van der Waals surface area contributed by atoms with Gasteiger partial charge in [0, 0.05) is 12.5 Å². The summed E-state index contributed by atoms with van der Waals surface area (Å²) < 4.78 is 5.44. The molecule has 5 heteroatoms. The summed E-state index contributed by atoms with van der Waals surface area (Å²) in [6.45, 7) is 2.54. The van der Waals surface area contributed by atoms with Gasteiger partial charge in [0.1, 0.15) is 5.54 Å². The number of ether oxygens (including phenoxy) is 1. The Morgan fingerprint density at radius 2 is 1.85 bits per heavy atom. The molecule has 5 nitrogen and oxygen atoms in total. The SMILES string of the molecule is C[C@@H]1C[C@@H](C(=O)NC2(C(=O)O)CCCCCC2)CCO1. The first-order valence-corrected chi connectivity index (χ1v) is 7.70. The molecule has 1 aliphatic heterocycles. The van der Waals surface area contributed by atoms with Gasteiger partial charge in [-0.05, 0) is 32.6 Å². The van der Waals surface area contributed by atoms with Gasteiger partial charge in [-0.25, -0.2) is 4.79 Å². The second-order valence-electron chi connectivity index (χ2n) is 6.19. The van der Waals surface area contributed by atoms with Crippen molar-refractivity contribution in [3.05, 3.63) is 0 Å². The summed E-state index contributed by atoms with van der Waals surface area (Å²) in [4.78, 5) is 24.1. The normalized spacial score (nSPS) is 30.2. The Hall–Kier alpha value is -1.10. The Labute approximate surface area is 120 Å². The molecule has 2 fully saturated rings. The van der Waals surface area contributed by atoms with E-state index in [0.717, 1.165) is 25.7 Å². The minimum Gasteiger partial charge on any atom is -0.480 e.